The zero-order chi connectivity index (χ0) is 11.9. The summed E-state index contributed by atoms with van der Waals surface area (Å²) >= 11 is 0. The molecule has 0 aliphatic rings. The topological polar surface area (TPSA) is 49.8 Å². The van der Waals surface area contributed by atoms with Crippen LogP contribution >= 0.6 is 0 Å². The van der Waals surface area contributed by atoms with Gasteiger partial charge in [0.1, 0.15) is 0 Å². The number of amides is 1. The first-order valence-electron chi connectivity index (χ1n) is 5.52. The normalized spacial score (nSPS) is 11.5. The summed E-state index contributed by atoms with van der Waals surface area (Å²) in [6.07, 6.45) is 3.20. The van der Waals surface area contributed by atoms with Crippen LogP contribution in [0, 0.1) is 0 Å². The molecule has 0 aliphatic heterocycles. The van der Waals surface area contributed by atoms with Gasteiger partial charge in [-0.25, -0.2) is 5.06 Å². The van der Waals surface area contributed by atoms with Gasteiger partial charge in [0, 0.05) is 7.05 Å². The monoisotopic (exact) mass is 217 g/mol. The second-order valence-electron chi connectivity index (χ2n) is 3.97. The smallest absolute Gasteiger partial charge is 0.248 e. The highest BCUT2D eigenvalue weighted by atomic mass is 16.7. The molecule has 0 aromatic rings. The molecule has 1 N–H and O–H groups in total. The van der Waals surface area contributed by atoms with Crippen molar-refractivity contribution in [3.05, 3.63) is 0 Å². The zero-order valence-corrected chi connectivity index (χ0v) is 10.2. The molecule has 90 valence electrons. The van der Waals surface area contributed by atoms with E-state index in [0.717, 1.165) is 17.9 Å². The van der Waals surface area contributed by atoms with Crippen LogP contribution in [-0.4, -0.2) is 35.8 Å². The standard InChI is InChI=1S/C11H23NO3/c1-5-7-11(14,8-6-2)9-10(13)12(3)15-4/h14H,5-9H2,1-4H3. The van der Waals surface area contributed by atoms with Crippen molar-refractivity contribution < 1.29 is 14.7 Å². The van der Waals surface area contributed by atoms with Crippen LogP contribution in [0.2, 0.25) is 0 Å². The Morgan fingerprint density at radius 1 is 1.33 bits per heavy atom. The Hall–Kier alpha value is -0.610. The molecule has 0 unspecified atom stereocenters. The summed E-state index contributed by atoms with van der Waals surface area (Å²) in [7, 11) is 3.00. The molecule has 0 saturated heterocycles. The van der Waals surface area contributed by atoms with E-state index in [4.69, 9.17) is 4.84 Å². The Kier molecular flexibility index (Phi) is 6.52. The van der Waals surface area contributed by atoms with Crippen LogP contribution in [0.3, 0.4) is 0 Å². The highest BCUT2D eigenvalue weighted by molar-refractivity contribution is 5.75. The molecule has 4 heteroatoms. The summed E-state index contributed by atoms with van der Waals surface area (Å²) in [5, 5.41) is 11.4. The Bertz CT molecular complexity index is 188. The van der Waals surface area contributed by atoms with Crippen LogP contribution < -0.4 is 0 Å². The maximum atomic E-state index is 11.6. The molecule has 0 aliphatic carbocycles. The summed E-state index contributed by atoms with van der Waals surface area (Å²) in [5.74, 6) is -0.179. The maximum absolute atomic E-state index is 11.6. The van der Waals surface area contributed by atoms with Crippen LogP contribution in [0.15, 0.2) is 0 Å². The predicted molar refractivity (Wildman–Crippen MR) is 59.2 cm³/mol. The maximum Gasteiger partial charge on any atom is 0.248 e. The van der Waals surface area contributed by atoms with Crippen LogP contribution in [0.1, 0.15) is 46.0 Å². The lowest BCUT2D eigenvalue weighted by molar-refractivity contribution is -0.174. The van der Waals surface area contributed by atoms with Crippen molar-refractivity contribution >= 4 is 5.91 Å². The molecule has 0 saturated carbocycles. The number of aliphatic hydroxyl groups is 1. The summed E-state index contributed by atoms with van der Waals surface area (Å²) in [6.45, 7) is 4.01. The van der Waals surface area contributed by atoms with Gasteiger partial charge in [-0.2, -0.15) is 0 Å². The van der Waals surface area contributed by atoms with Gasteiger partial charge in [-0.05, 0) is 12.8 Å². The summed E-state index contributed by atoms with van der Waals surface area (Å²) < 4.78 is 0. The quantitative estimate of drug-likeness (QED) is 0.661. The second kappa shape index (κ2) is 6.80. The average molecular weight is 217 g/mol. The van der Waals surface area contributed by atoms with Gasteiger partial charge in [-0.15, -0.1) is 0 Å². The van der Waals surface area contributed by atoms with Crippen molar-refractivity contribution in [2.45, 2.75) is 51.6 Å². The Balaban J connectivity index is 4.33. The van der Waals surface area contributed by atoms with Crippen LogP contribution in [0.5, 0.6) is 0 Å². The fraction of sp³-hybridized carbons (Fsp3) is 0.909. The van der Waals surface area contributed by atoms with Crippen molar-refractivity contribution in [2.75, 3.05) is 14.2 Å². The SMILES string of the molecule is CCCC(O)(CCC)CC(=O)N(C)OC. The summed E-state index contributed by atoms with van der Waals surface area (Å²) in [6, 6.07) is 0. The highest BCUT2D eigenvalue weighted by Gasteiger charge is 2.29. The predicted octanol–water partition coefficient (Wildman–Crippen LogP) is 1.73. The number of carbonyl (C=O) groups excluding carboxylic acids is 1. The molecule has 0 fully saturated rings. The lowest BCUT2D eigenvalue weighted by Gasteiger charge is -2.28. The molecule has 0 aromatic heterocycles. The second-order valence-corrected chi connectivity index (χ2v) is 3.97. The first kappa shape index (κ1) is 14.4. The van der Waals surface area contributed by atoms with E-state index in [-0.39, 0.29) is 12.3 Å². The summed E-state index contributed by atoms with van der Waals surface area (Å²) in [4.78, 5) is 16.4. The van der Waals surface area contributed by atoms with Gasteiger partial charge in [-0.3, -0.25) is 9.63 Å². The van der Waals surface area contributed by atoms with Crippen molar-refractivity contribution in [3.8, 4) is 0 Å². The first-order valence-corrected chi connectivity index (χ1v) is 5.52. The molecule has 0 rings (SSSR count). The molecule has 0 bridgehead atoms. The summed E-state index contributed by atoms with van der Waals surface area (Å²) in [5.41, 5.74) is -0.868. The fourth-order valence-electron chi connectivity index (χ4n) is 1.73. The van der Waals surface area contributed by atoms with Crippen molar-refractivity contribution in [1.82, 2.24) is 5.06 Å². The minimum absolute atomic E-state index is 0.138. The van der Waals surface area contributed by atoms with Gasteiger partial charge in [0.05, 0.1) is 19.1 Å². The van der Waals surface area contributed by atoms with E-state index in [0.29, 0.717) is 12.8 Å². The molecule has 0 spiro atoms. The van der Waals surface area contributed by atoms with E-state index in [1.54, 1.807) is 7.05 Å². The van der Waals surface area contributed by atoms with Crippen molar-refractivity contribution in [1.29, 1.82) is 0 Å². The lowest BCUT2D eigenvalue weighted by atomic mass is 9.89. The minimum atomic E-state index is -0.868. The number of hydrogen-bond donors (Lipinski definition) is 1. The van der Waals surface area contributed by atoms with Gasteiger partial charge in [-0.1, -0.05) is 26.7 Å². The average Bonchev–Trinajstić information content (AvgIpc) is 2.16. The van der Waals surface area contributed by atoms with Gasteiger partial charge in [0.25, 0.3) is 0 Å². The highest BCUT2D eigenvalue weighted by Crippen LogP contribution is 2.24. The Morgan fingerprint density at radius 2 is 1.80 bits per heavy atom. The largest absolute Gasteiger partial charge is 0.389 e. The minimum Gasteiger partial charge on any atom is -0.389 e. The van der Waals surface area contributed by atoms with Crippen molar-refractivity contribution in [3.63, 3.8) is 0 Å². The fourth-order valence-corrected chi connectivity index (χ4v) is 1.73. The molecular formula is C11H23NO3. The number of hydroxylamine groups is 2. The third-order valence-electron chi connectivity index (χ3n) is 2.54. The van der Waals surface area contributed by atoms with Gasteiger partial charge < -0.3 is 5.11 Å². The van der Waals surface area contributed by atoms with Crippen LogP contribution in [-0.2, 0) is 9.63 Å². The van der Waals surface area contributed by atoms with Gasteiger partial charge in [0.15, 0.2) is 0 Å². The molecule has 15 heavy (non-hydrogen) atoms. The molecular weight excluding hydrogens is 194 g/mol. The number of nitrogens with zero attached hydrogens (tertiary/aromatic N) is 1. The number of rotatable bonds is 7. The molecule has 1 amide bonds. The van der Waals surface area contributed by atoms with E-state index < -0.39 is 5.60 Å². The zero-order valence-electron chi connectivity index (χ0n) is 10.2. The van der Waals surface area contributed by atoms with Gasteiger partial charge >= 0.3 is 0 Å². The molecule has 0 radical (unpaired) electrons. The number of hydrogen-bond acceptors (Lipinski definition) is 3. The third-order valence-corrected chi connectivity index (χ3v) is 2.54. The molecule has 0 aromatic carbocycles. The molecule has 4 nitrogen and oxygen atoms in total. The number of carbonyl (C=O) groups is 1. The first-order chi connectivity index (χ1) is 6.99. The van der Waals surface area contributed by atoms with Crippen LogP contribution in [0.4, 0.5) is 0 Å². The molecule has 0 heterocycles. The van der Waals surface area contributed by atoms with Crippen LogP contribution in [0.25, 0.3) is 0 Å². The third kappa shape index (κ3) is 5.14. The Labute approximate surface area is 92.2 Å². The molecule has 0 atom stereocenters. The van der Waals surface area contributed by atoms with E-state index in [1.807, 2.05) is 13.8 Å². The van der Waals surface area contributed by atoms with E-state index >= 15 is 0 Å². The lowest BCUT2D eigenvalue weighted by Crippen LogP contribution is -2.37. The van der Waals surface area contributed by atoms with E-state index in [2.05, 4.69) is 0 Å². The Morgan fingerprint density at radius 3 is 2.13 bits per heavy atom. The van der Waals surface area contributed by atoms with Gasteiger partial charge in [0.2, 0.25) is 5.91 Å². The van der Waals surface area contributed by atoms with Crippen molar-refractivity contribution in [2.24, 2.45) is 0 Å². The van der Waals surface area contributed by atoms with E-state index in [9.17, 15) is 9.90 Å². The van der Waals surface area contributed by atoms with E-state index in [1.165, 1.54) is 7.11 Å².